The zero-order valence-corrected chi connectivity index (χ0v) is 12.2. The van der Waals surface area contributed by atoms with Crippen molar-refractivity contribution in [2.24, 2.45) is 5.41 Å². The molecule has 0 fully saturated rings. The summed E-state index contributed by atoms with van der Waals surface area (Å²) in [5, 5.41) is 14.4. The Hall–Kier alpha value is -2.04. The van der Waals surface area contributed by atoms with Gasteiger partial charge in [-0.2, -0.15) is 0 Å². The third-order valence-electron chi connectivity index (χ3n) is 3.31. The van der Waals surface area contributed by atoms with E-state index >= 15 is 0 Å². The lowest BCUT2D eigenvalue weighted by molar-refractivity contribution is 0.0696. The van der Waals surface area contributed by atoms with Gasteiger partial charge in [-0.3, -0.25) is 0 Å². The summed E-state index contributed by atoms with van der Waals surface area (Å²) >= 11 is 0. The smallest absolute Gasteiger partial charge is 0.335 e. The van der Waals surface area contributed by atoms with Gasteiger partial charge >= 0.3 is 12.0 Å². The number of hydrogen-bond donors (Lipinski definition) is 3. The number of carboxylic acid groups (broad SMARTS) is 1. The molecule has 3 N–H and O–H groups in total. The number of carbonyl (C=O) groups is 2. The Labute approximate surface area is 119 Å². The van der Waals surface area contributed by atoms with Gasteiger partial charge in [-0.05, 0) is 29.5 Å². The molecule has 5 heteroatoms. The predicted molar refractivity (Wildman–Crippen MR) is 77.7 cm³/mol. The molecule has 0 aliphatic rings. The molecule has 0 spiro atoms. The molecule has 5 nitrogen and oxygen atoms in total. The van der Waals surface area contributed by atoms with Gasteiger partial charge in [0.1, 0.15) is 0 Å². The van der Waals surface area contributed by atoms with Crippen LogP contribution in [-0.2, 0) is 6.54 Å². The van der Waals surface area contributed by atoms with Gasteiger partial charge in [-0.25, -0.2) is 9.59 Å². The van der Waals surface area contributed by atoms with E-state index in [2.05, 4.69) is 31.4 Å². The number of carbonyl (C=O) groups excluding carboxylic acids is 1. The quantitative estimate of drug-likeness (QED) is 0.748. The molecular weight excluding hydrogens is 256 g/mol. The molecule has 0 unspecified atom stereocenters. The predicted octanol–water partition coefficient (Wildman–Crippen LogP) is 2.62. The Morgan fingerprint density at radius 2 is 1.95 bits per heavy atom. The summed E-state index contributed by atoms with van der Waals surface area (Å²) < 4.78 is 0. The Bertz CT molecular complexity index is 484. The normalized spacial score (nSPS) is 10.9. The molecule has 0 bridgehead atoms. The minimum atomic E-state index is -0.971. The molecule has 0 saturated carbocycles. The lowest BCUT2D eigenvalue weighted by Crippen LogP contribution is -2.40. The van der Waals surface area contributed by atoms with Crippen molar-refractivity contribution in [3.05, 3.63) is 35.4 Å². The van der Waals surface area contributed by atoms with E-state index in [4.69, 9.17) is 5.11 Å². The summed E-state index contributed by atoms with van der Waals surface area (Å²) in [6, 6.07) is 6.28. The standard InChI is InChI=1S/C15H22N2O3/c1-4-15(2,3)10-17-14(20)16-9-11-6-5-7-12(8-11)13(18)19/h5-8H,4,9-10H2,1-3H3,(H,18,19)(H2,16,17,20). The Balaban J connectivity index is 2.45. The molecule has 1 aromatic rings. The fraction of sp³-hybridized carbons (Fsp3) is 0.467. The molecular formula is C15H22N2O3. The van der Waals surface area contributed by atoms with Crippen LogP contribution in [0, 0.1) is 5.41 Å². The van der Waals surface area contributed by atoms with E-state index in [1.165, 1.54) is 6.07 Å². The van der Waals surface area contributed by atoms with Crippen LogP contribution in [-0.4, -0.2) is 23.7 Å². The molecule has 20 heavy (non-hydrogen) atoms. The van der Waals surface area contributed by atoms with E-state index in [1.807, 2.05) is 0 Å². The summed E-state index contributed by atoms with van der Waals surface area (Å²) in [5.74, 6) is -0.971. The number of amides is 2. The third-order valence-corrected chi connectivity index (χ3v) is 3.31. The first-order chi connectivity index (χ1) is 9.34. The maximum Gasteiger partial charge on any atom is 0.335 e. The molecule has 0 saturated heterocycles. The van der Waals surface area contributed by atoms with Crippen LogP contribution in [0.3, 0.4) is 0 Å². The highest BCUT2D eigenvalue weighted by Gasteiger charge is 2.15. The summed E-state index contributed by atoms with van der Waals surface area (Å²) in [5.41, 5.74) is 1.05. The number of aromatic carboxylic acids is 1. The highest BCUT2D eigenvalue weighted by atomic mass is 16.4. The highest BCUT2D eigenvalue weighted by Crippen LogP contribution is 2.17. The molecule has 110 valence electrons. The largest absolute Gasteiger partial charge is 0.478 e. The van der Waals surface area contributed by atoms with Gasteiger partial charge in [0.2, 0.25) is 0 Å². The summed E-state index contributed by atoms with van der Waals surface area (Å²) in [6.45, 7) is 7.16. The van der Waals surface area contributed by atoms with Gasteiger partial charge in [-0.1, -0.05) is 32.9 Å². The zero-order chi connectivity index (χ0) is 15.2. The van der Waals surface area contributed by atoms with Gasteiger partial charge < -0.3 is 15.7 Å². The highest BCUT2D eigenvalue weighted by molar-refractivity contribution is 5.87. The maximum atomic E-state index is 11.7. The number of nitrogens with one attached hydrogen (secondary N) is 2. The van der Waals surface area contributed by atoms with Gasteiger partial charge in [0.05, 0.1) is 5.56 Å². The van der Waals surface area contributed by atoms with Crippen molar-refractivity contribution in [2.45, 2.75) is 33.7 Å². The Morgan fingerprint density at radius 1 is 1.25 bits per heavy atom. The maximum absolute atomic E-state index is 11.7. The fourth-order valence-corrected chi connectivity index (χ4v) is 1.50. The first-order valence-electron chi connectivity index (χ1n) is 6.68. The fourth-order valence-electron chi connectivity index (χ4n) is 1.50. The third kappa shape index (κ3) is 5.30. The van der Waals surface area contributed by atoms with Gasteiger partial charge in [0.15, 0.2) is 0 Å². The minimum absolute atomic E-state index is 0.0700. The first-order valence-corrected chi connectivity index (χ1v) is 6.68. The second kappa shape index (κ2) is 6.93. The summed E-state index contributed by atoms with van der Waals surface area (Å²) in [7, 11) is 0. The van der Waals surface area contributed by atoms with Crippen LogP contribution >= 0.6 is 0 Å². The second-order valence-corrected chi connectivity index (χ2v) is 5.56. The van der Waals surface area contributed by atoms with Crippen LogP contribution in [0.25, 0.3) is 0 Å². The van der Waals surface area contributed by atoms with Crippen molar-refractivity contribution in [1.29, 1.82) is 0 Å². The number of carboxylic acids is 1. The van der Waals surface area contributed by atoms with Crippen molar-refractivity contribution in [1.82, 2.24) is 10.6 Å². The van der Waals surface area contributed by atoms with Crippen molar-refractivity contribution in [2.75, 3.05) is 6.54 Å². The number of urea groups is 1. The number of rotatable bonds is 6. The lowest BCUT2D eigenvalue weighted by atomic mass is 9.90. The Kier molecular flexibility index (Phi) is 5.55. The molecule has 0 radical (unpaired) electrons. The summed E-state index contributed by atoms with van der Waals surface area (Å²) in [6.07, 6.45) is 0.980. The number of hydrogen-bond acceptors (Lipinski definition) is 2. The molecule has 0 heterocycles. The van der Waals surface area contributed by atoms with Crippen LogP contribution in [0.15, 0.2) is 24.3 Å². The van der Waals surface area contributed by atoms with E-state index in [9.17, 15) is 9.59 Å². The van der Waals surface area contributed by atoms with Crippen LogP contribution < -0.4 is 10.6 Å². The number of benzene rings is 1. The van der Waals surface area contributed by atoms with E-state index in [0.717, 1.165) is 12.0 Å². The van der Waals surface area contributed by atoms with Crippen LogP contribution in [0.4, 0.5) is 4.79 Å². The molecule has 2 amide bonds. The molecule has 0 atom stereocenters. The average Bonchev–Trinajstić information content (AvgIpc) is 2.43. The Morgan fingerprint density at radius 3 is 2.55 bits per heavy atom. The monoisotopic (exact) mass is 278 g/mol. The molecule has 1 rings (SSSR count). The average molecular weight is 278 g/mol. The molecule has 0 aromatic heterocycles. The molecule has 0 aliphatic heterocycles. The lowest BCUT2D eigenvalue weighted by Gasteiger charge is -2.22. The van der Waals surface area contributed by atoms with Gasteiger partial charge in [0.25, 0.3) is 0 Å². The van der Waals surface area contributed by atoms with Crippen molar-refractivity contribution in [3.8, 4) is 0 Å². The van der Waals surface area contributed by atoms with Crippen molar-refractivity contribution in [3.63, 3.8) is 0 Å². The van der Waals surface area contributed by atoms with E-state index in [1.54, 1.807) is 18.2 Å². The first kappa shape index (κ1) is 16.0. The van der Waals surface area contributed by atoms with Crippen molar-refractivity contribution >= 4 is 12.0 Å². The van der Waals surface area contributed by atoms with Gasteiger partial charge in [-0.15, -0.1) is 0 Å². The minimum Gasteiger partial charge on any atom is -0.478 e. The van der Waals surface area contributed by atoms with Crippen molar-refractivity contribution < 1.29 is 14.7 Å². The topological polar surface area (TPSA) is 78.4 Å². The van der Waals surface area contributed by atoms with Gasteiger partial charge in [0, 0.05) is 13.1 Å². The van der Waals surface area contributed by atoms with E-state index < -0.39 is 5.97 Å². The van der Waals surface area contributed by atoms with Crippen LogP contribution in [0.5, 0.6) is 0 Å². The zero-order valence-electron chi connectivity index (χ0n) is 12.2. The SMILES string of the molecule is CCC(C)(C)CNC(=O)NCc1cccc(C(=O)O)c1. The van der Waals surface area contributed by atoms with Crippen LogP contribution in [0.1, 0.15) is 43.1 Å². The molecule has 0 aliphatic carbocycles. The molecule has 1 aromatic carbocycles. The van der Waals surface area contributed by atoms with E-state index in [-0.39, 0.29) is 17.0 Å². The van der Waals surface area contributed by atoms with E-state index in [0.29, 0.717) is 13.1 Å². The second-order valence-electron chi connectivity index (χ2n) is 5.56. The summed E-state index contributed by atoms with van der Waals surface area (Å²) in [4.78, 5) is 22.5. The van der Waals surface area contributed by atoms with Crippen LogP contribution in [0.2, 0.25) is 0 Å².